The monoisotopic (exact) mass is 288 g/mol. The predicted molar refractivity (Wildman–Crippen MR) is 79.1 cm³/mol. The summed E-state index contributed by atoms with van der Waals surface area (Å²) < 4.78 is 23.2. The molecule has 0 radical (unpaired) electrons. The molecule has 0 aliphatic carbocycles. The lowest BCUT2D eigenvalue weighted by molar-refractivity contribution is 0.0971. The lowest BCUT2D eigenvalue weighted by atomic mass is 9.75. The maximum Gasteiger partial charge on any atom is 0.151 e. The highest BCUT2D eigenvalue weighted by Gasteiger charge is 2.37. The van der Waals surface area contributed by atoms with Crippen LogP contribution in [0.25, 0.3) is 0 Å². The summed E-state index contributed by atoms with van der Waals surface area (Å²) >= 11 is 0. The van der Waals surface area contributed by atoms with Crippen molar-refractivity contribution in [3.8, 4) is 0 Å². The molecule has 0 aromatic rings. The normalized spacial score (nSPS) is 29.7. The van der Waals surface area contributed by atoms with Crippen LogP contribution in [0.1, 0.15) is 39.0 Å². The van der Waals surface area contributed by atoms with Gasteiger partial charge < -0.3 is 10.2 Å². The van der Waals surface area contributed by atoms with Crippen LogP contribution in [0.2, 0.25) is 0 Å². The molecule has 5 heteroatoms. The molecule has 1 N–H and O–H groups in total. The first-order chi connectivity index (χ1) is 8.96. The fourth-order valence-corrected chi connectivity index (χ4v) is 5.56. The smallest absolute Gasteiger partial charge is 0.151 e. The van der Waals surface area contributed by atoms with Crippen molar-refractivity contribution >= 4 is 9.84 Å². The minimum absolute atomic E-state index is 0.244. The summed E-state index contributed by atoms with van der Waals surface area (Å²) in [4.78, 5) is 2.32. The van der Waals surface area contributed by atoms with Crippen molar-refractivity contribution < 1.29 is 8.42 Å². The molecule has 2 saturated heterocycles. The Kier molecular flexibility index (Phi) is 4.90. The van der Waals surface area contributed by atoms with Gasteiger partial charge in [-0.3, -0.25) is 0 Å². The number of sulfone groups is 1. The average Bonchev–Trinajstić information content (AvgIpc) is 2.71. The fourth-order valence-electron chi connectivity index (χ4n) is 3.76. The van der Waals surface area contributed by atoms with Gasteiger partial charge in [0.2, 0.25) is 0 Å². The van der Waals surface area contributed by atoms with Crippen molar-refractivity contribution in [2.45, 2.75) is 45.1 Å². The highest BCUT2D eigenvalue weighted by molar-refractivity contribution is 7.91. The number of hydrogen-bond donors (Lipinski definition) is 1. The Labute approximate surface area is 117 Å². The second-order valence-corrected chi connectivity index (χ2v) is 8.70. The Morgan fingerprint density at radius 1 is 1.32 bits per heavy atom. The first-order valence-corrected chi connectivity index (χ1v) is 9.40. The van der Waals surface area contributed by atoms with Crippen LogP contribution in [0, 0.1) is 5.41 Å². The van der Waals surface area contributed by atoms with Gasteiger partial charge in [0.05, 0.1) is 11.5 Å². The third-order valence-electron chi connectivity index (χ3n) is 4.86. The van der Waals surface area contributed by atoms with Crippen molar-refractivity contribution in [1.29, 1.82) is 0 Å². The first kappa shape index (κ1) is 15.3. The quantitative estimate of drug-likeness (QED) is 0.828. The van der Waals surface area contributed by atoms with Gasteiger partial charge in [-0.2, -0.15) is 0 Å². The van der Waals surface area contributed by atoms with E-state index < -0.39 is 9.84 Å². The molecule has 2 aliphatic rings. The molecule has 19 heavy (non-hydrogen) atoms. The summed E-state index contributed by atoms with van der Waals surface area (Å²) in [6, 6.07) is 0.244. The van der Waals surface area contributed by atoms with E-state index in [1.807, 2.05) is 0 Å². The third-order valence-corrected chi connectivity index (χ3v) is 6.61. The molecule has 2 aliphatic heterocycles. The molecule has 112 valence electrons. The maximum atomic E-state index is 11.6. The van der Waals surface area contributed by atoms with E-state index in [0.717, 1.165) is 26.1 Å². The number of nitrogens with zero attached hydrogens (tertiary/aromatic N) is 1. The van der Waals surface area contributed by atoms with Crippen LogP contribution in [0.15, 0.2) is 0 Å². The lowest BCUT2D eigenvalue weighted by Crippen LogP contribution is -2.46. The number of nitrogens with one attached hydrogen (secondary N) is 1. The van der Waals surface area contributed by atoms with Gasteiger partial charge in [-0.25, -0.2) is 8.42 Å². The van der Waals surface area contributed by atoms with Gasteiger partial charge in [-0.05, 0) is 51.2 Å². The zero-order valence-electron chi connectivity index (χ0n) is 12.3. The molecule has 0 spiro atoms. The van der Waals surface area contributed by atoms with Crippen LogP contribution in [0.5, 0.6) is 0 Å². The van der Waals surface area contributed by atoms with Crippen molar-refractivity contribution in [1.82, 2.24) is 10.2 Å². The summed E-state index contributed by atoms with van der Waals surface area (Å²) in [5, 5.41) is 3.44. The molecule has 0 saturated carbocycles. The van der Waals surface area contributed by atoms with E-state index in [1.54, 1.807) is 0 Å². The van der Waals surface area contributed by atoms with Crippen LogP contribution in [-0.4, -0.2) is 57.5 Å². The Balaban J connectivity index is 1.97. The van der Waals surface area contributed by atoms with Crippen LogP contribution in [0.4, 0.5) is 0 Å². The van der Waals surface area contributed by atoms with Gasteiger partial charge in [0.15, 0.2) is 9.84 Å². The SMILES string of the molecule is CCCC1(CN(C)C2CCS(=O)(=O)C2)CCNCC1. The van der Waals surface area contributed by atoms with Crippen molar-refractivity contribution in [3.63, 3.8) is 0 Å². The van der Waals surface area contributed by atoms with Gasteiger partial charge >= 0.3 is 0 Å². The minimum Gasteiger partial charge on any atom is -0.317 e. The molecule has 0 aromatic carbocycles. The standard InChI is InChI=1S/C14H28N2O2S/c1-3-5-14(6-8-15-9-7-14)12-16(2)13-4-10-19(17,18)11-13/h13,15H,3-12H2,1-2H3. The number of rotatable bonds is 5. The zero-order chi connectivity index (χ0) is 13.9. The van der Waals surface area contributed by atoms with Crippen molar-refractivity contribution in [2.24, 2.45) is 5.41 Å². The summed E-state index contributed by atoms with van der Waals surface area (Å²) in [5.74, 6) is 0.744. The zero-order valence-corrected chi connectivity index (χ0v) is 13.1. The lowest BCUT2D eigenvalue weighted by Gasteiger charge is -2.42. The van der Waals surface area contributed by atoms with E-state index in [9.17, 15) is 8.42 Å². The molecule has 0 amide bonds. The van der Waals surface area contributed by atoms with Crippen LogP contribution in [0.3, 0.4) is 0 Å². The van der Waals surface area contributed by atoms with Crippen molar-refractivity contribution in [3.05, 3.63) is 0 Å². The third kappa shape index (κ3) is 3.92. The van der Waals surface area contributed by atoms with E-state index in [0.29, 0.717) is 16.9 Å². The van der Waals surface area contributed by atoms with E-state index in [2.05, 4.69) is 24.2 Å². The summed E-state index contributed by atoms with van der Waals surface area (Å²) in [6.07, 6.45) is 5.75. The predicted octanol–water partition coefficient (Wildman–Crippen LogP) is 1.28. The molecule has 4 nitrogen and oxygen atoms in total. The van der Waals surface area contributed by atoms with Crippen molar-refractivity contribution in [2.75, 3.05) is 38.2 Å². The van der Waals surface area contributed by atoms with Crippen LogP contribution in [-0.2, 0) is 9.84 Å². The molecule has 0 aromatic heterocycles. The van der Waals surface area contributed by atoms with E-state index in [-0.39, 0.29) is 6.04 Å². The second kappa shape index (κ2) is 6.10. The van der Waals surface area contributed by atoms with Gasteiger partial charge in [-0.15, -0.1) is 0 Å². The number of piperidine rings is 1. The van der Waals surface area contributed by atoms with E-state index in [1.165, 1.54) is 25.7 Å². The molecular weight excluding hydrogens is 260 g/mol. The summed E-state index contributed by atoms with van der Waals surface area (Å²) in [6.45, 7) is 5.53. The van der Waals surface area contributed by atoms with Gasteiger partial charge in [-0.1, -0.05) is 13.3 Å². The molecule has 2 heterocycles. The second-order valence-electron chi connectivity index (χ2n) is 6.47. The fraction of sp³-hybridized carbons (Fsp3) is 1.00. The van der Waals surface area contributed by atoms with Crippen LogP contribution < -0.4 is 5.32 Å². The Morgan fingerprint density at radius 2 is 2.00 bits per heavy atom. The van der Waals surface area contributed by atoms with Crippen LogP contribution >= 0.6 is 0 Å². The molecule has 2 fully saturated rings. The van der Waals surface area contributed by atoms with Gasteiger partial charge in [0, 0.05) is 12.6 Å². The maximum absolute atomic E-state index is 11.6. The molecular formula is C14H28N2O2S. The number of hydrogen-bond acceptors (Lipinski definition) is 4. The first-order valence-electron chi connectivity index (χ1n) is 7.58. The van der Waals surface area contributed by atoms with Gasteiger partial charge in [0.25, 0.3) is 0 Å². The topological polar surface area (TPSA) is 49.4 Å². The largest absolute Gasteiger partial charge is 0.317 e. The Bertz CT molecular complexity index is 383. The highest BCUT2D eigenvalue weighted by Crippen LogP contribution is 2.35. The molecule has 1 unspecified atom stereocenters. The Hall–Kier alpha value is -0.130. The average molecular weight is 288 g/mol. The molecule has 1 atom stereocenters. The van der Waals surface area contributed by atoms with E-state index in [4.69, 9.17) is 0 Å². The van der Waals surface area contributed by atoms with E-state index >= 15 is 0 Å². The minimum atomic E-state index is -2.77. The summed E-state index contributed by atoms with van der Waals surface area (Å²) in [7, 11) is -0.651. The molecule has 0 bridgehead atoms. The highest BCUT2D eigenvalue weighted by atomic mass is 32.2. The molecule has 2 rings (SSSR count). The Morgan fingerprint density at radius 3 is 2.53 bits per heavy atom. The van der Waals surface area contributed by atoms with Gasteiger partial charge in [0.1, 0.15) is 0 Å². The summed E-state index contributed by atoms with van der Waals surface area (Å²) in [5.41, 5.74) is 0.404.